The van der Waals surface area contributed by atoms with Crippen LogP contribution in [0.5, 0.6) is 0 Å². The van der Waals surface area contributed by atoms with E-state index in [-0.39, 0.29) is 0 Å². The van der Waals surface area contributed by atoms with Crippen molar-refractivity contribution in [2.45, 2.75) is 11.9 Å². The Bertz CT molecular complexity index is 375. The minimum Gasteiger partial charge on any atom is -0.293 e. The fraction of sp³-hybridized carbons (Fsp3) is 0.286. The molecule has 4 heteroatoms. The minimum absolute atomic E-state index is 1.13. The van der Waals surface area contributed by atoms with Crippen LogP contribution in [0.15, 0.2) is 16.7 Å². The number of rotatable bonds is 1. The topological polar surface area (TPSA) is 17.3 Å². The quantitative estimate of drug-likeness (QED) is 0.633. The second kappa shape index (κ2) is 2.53. The Hall–Kier alpha value is -0.480. The molecule has 0 bridgehead atoms. The van der Waals surface area contributed by atoms with Gasteiger partial charge in [-0.05, 0) is 13.2 Å². The van der Waals surface area contributed by atoms with Gasteiger partial charge in [0, 0.05) is 11.1 Å². The van der Waals surface area contributed by atoms with Crippen molar-refractivity contribution < 1.29 is 0 Å². The van der Waals surface area contributed by atoms with Gasteiger partial charge in [0.1, 0.15) is 16.2 Å². The summed E-state index contributed by atoms with van der Waals surface area (Å²) in [5.41, 5.74) is 1.26. The lowest BCUT2D eigenvalue weighted by Gasteiger charge is -1.85. The third-order valence-electron chi connectivity index (χ3n) is 1.61. The average Bonchev–Trinajstić information content (AvgIpc) is 2.53. The van der Waals surface area contributed by atoms with Gasteiger partial charge in [-0.25, -0.2) is 4.98 Å². The molecule has 2 heterocycles. The summed E-state index contributed by atoms with van der Waals surface area (Å²) >= 11 is 3.45. The fourth-order valence-corrected chi connectivity index (χ4v) is 2.69. The van der Waals surface area contributed by atoms with Gasteiger partial charge in [-0.2, -0.15) is 0 Å². The third kappa shape index (κ3) is 0.973. The van der Waals surface area contributed by atoms with Crippen LogP contribution >= 0.6 is 23.1 Å². The summed E-state index contributed by atoms with van der Waals surface area (Å²) < 4.78 is 2.12. The smallest absolute Gasteiger partial charge is 0.133 e. The molecular weight excluding hydrogens is 176 g/mol. The van der Waals surface area contributed by atoms with Crippen LogP contribution in [0.3, 0.4) is 0 Å². The lowest BCUT2D eigenvalue weighted by molar-refractivity contribution is 1.09. The number of nitrogens with zero attached hydrogens (tertiary/aromatic N) is 2. The highest BCUT2D eigenvalue weighted by Gasteiger charge is 2.05. The Kier molecular flexibility index (Phi) is 1.65. The van der Waals surface area contributed by atoms with Crippen molar-refractivity contribution in [2.24, 2.45) is 0 Å². The summed E-state index contributed by atoms with van der Waals surface area (Å²) in [4.78, 5) is 5.53. The number of aryl methyl sites for hydroxylation is 1. The van der Waals surface area contributed by atoms with Crippen LogP contribution in [-0.2, 0) is 0 Å². The molecular formula is C7H8N2S2. The first-order chi connectivity index (χ1) is 5.33. The molecule has 0 unspecified atom stereocenters. The maximum Gasteiger partial charge on any atom is 0.133 e. The third-order valence-corrected chi connectivity index (χ3v) is 3.49. The average molecular weight is 184 g/mol. The first-order valence-electron chi connectivity index (χ1n) is 3.28. The Labute approximate surface area is 73.3 Å². The Morgan fingerprint density at radius 1 is 1.64 bits per heavy atom. The number of imidazole rings is 1. The molecule has 0 spiro atoms. The van der Waals surface area contributed by atoms with E-state index in [2.05, 4.69) is 27.9 Å². The number of hydrogen-bond acceptors (Lipinski definition) is 3. The van der Waals surface area contributed by atoms with Crippen LogP contribution in [0, 0.1) is 6.92 Å². The van der Waals surface area contributed by atoms with E-state index in [1.165, 1.54) is 10.5 Å². The van der Waals surface area contributed by atoms with Crippen LogP contribution in [0.2, 0.25) is 0 Å². The molecule has 0 aromatic carbocycles. The molecule has 0 fully saturated rings. The Balaban J connectivity index is 2.77. The number of thioether (sulfide) groups is 1. The molecule has 0 aliphatic carbocycles. The molecule has 0 aliphatic rings. The van der Waals surface area contributed by atoms with Gasteiger partial charge in [-0.3, -0.25) is 4.40 Å². The number of thiazole rings is 1. The highest BCUT2D eigenvalue weighted by atomic mass is 32.2. The van der Waals surface area contributed by atoms with Crippen molar-refractivity contribution in [3.8, 4) is 0 Å². The maximum atomic E-state index is 4.27. The van der Waals surface area contributed by atoms with Gasteiger partial charge in [0.2, 0.25) is 0 Å². The SMILES string of the molecule is CSc1ncn2c(C)csc12. The second-order valence-electron chi connectivity index (χ2n) is 2.31. The lowest BCUT2D eigenvalue weighted by atomic mass is 10.6. The molecule has 0 saturated heterocycles. The van der Waals surface area contributed by atoms with Crippen LogP contribution < -0.4 is 0 Å². The van der Waals surface area contributed by atoms with Gasteiger partial charge in [-0.15, -0.1) is 23.1 Å². The summed E-state index contributed by atoms with van der Waals surface area (Å²) in [5, 5.41) is 3.28. The highest BCUT2D eigenvalue weighted by molar-refractivity contribution is 7.98. The van der Waals surface area contributed by atoms with Crippen LogP contribution in [0.4, 0.5) is 0 Å². The predicted molar refractivity (Wildman–Crippen MR) is 49.6 cm³/mol. The zero-order chi connectivity index (χ0) is 7.84. The van der Waals surface area contributed by atoms with Gasteiger partial charge in [0.15, 0.2) is 0 Å². The van der Waals surface area contributed by atoms with E-state index < -0.39 is 0 Å². The molecule has 2 aromatic heterocycles. The van der Waals surface area contributed by atoms with E-state index >= 15 is 0 Å². The van der Waals surface area contributed by atoms with E-state index in [9.17, 15) is 0 Å². The van der Waals surface area contributed by atoms with E-state index in [1.807, 2.05) is 6.33 Å². The molecule has 0 atom stereocenters. The molecule has 11 heavy (non-hydrogen) atoms. The monoisotopic (exact) mass is 184 g/mol. The summed E-state index contributed by atoms with van der Waals surface area (Å²) in [5.74, 6) is 0. The van der Waals surface area contributed by atoms with Crippen molar-refractivity contribution in [1.82, 2.24) is 9.38 Å². The number of aromatic nitrogens is 2. The molecule has 0 radical (unpaired) electrons. The summed E-state index contributed by atoms with van der Waals surface area (Å²) in [6.45, 7) is 2.09. The van der Waals surface area contributed by atoms with Crippen molar-refractivity contribution in [2.75, 3.05) is 6.26 Å². The van der Waals surface area contributed by atoms with Gasteiger partial charge in [-0.1, -0.05) is 0 Å². The number of hydrogen-bond donors (Lipinski definition) is 0. The predicted octanol–water partition coefficient (Wildman–Crippen LogP) is 2.43. The normalized spacial score (nSPS) is 11.1. The lowest BCUT2D eigenvalue weighted by Crippen LogP contribution is -1.77. The maximum absolute atomic E-state index is 4.27. The van der Waals surface area contributed by atoms with Gasteiger partial charge < -0.3 is 0 Å². The second-order valence-corrected chi connectivity index (χ2v) is 3.96. The standard InChI is InChI=1S/C7H8N2S2/c1-5-3-11-7-6(10-2)8-4-9(5)7/h3-4H,1-2H3. The fourth-order valence-electron chi connectivity index (χ4n) is 1.02. The van der Waals surface area contributed by atoms with Crippen molar-refractivity contribution in [1.29, 1.82) is 0 Å². The zero-order valence-corrected chi connectivity index (χ0v) is 8.00. The van der Waals surface area contributed by atoms with E-state index in [4.69, 9.17) is 0 Å². The first-order valence-corrected chi connectivity index (χ1v) is 5.38. The molecule has 0 amide bonds. The molecule has 58 valence electrons. The molecule has 0 saturated carbocycles. The Morgan fingerprint density at radius 2 is 2.45 bits per heavy atom. The largest absolute Gasteiger partial charge is 0.293 e. The molecule has 2 rings (SSSR count). The molecule has 0 aliphatic heterocycles. The zero-order valence-electron chi connectivity index (χ0n) is 6.37. The molecule has 0 N–H and O–H groups in total. The summed E-state index contributed by atoms with van der Waals surface area (Å²) in [6.07, 6.45) is 3.93. The van der Waals surface area contributed by atoms with Gasteiger partial charge in [0.25, 0.3) is 0 Å². The van der Waals surface area contributed by atoms with Crippen molar-refractivity contribution in [3.63, 3.8) is 0 Å². The number of fused-ring (bicyclic) bond motifs is 1. The summed E-state index contributed by atoms with van der Waals surface area (Å²) in [6, 6.07) is 0. The minimum atomic E-state index is 1.13. The highest BCUT2D eigenvalue weighted by Crippen LogP contribution is 2.25. The summed E-state index contributed by atoms with van der Waals surface area (Å²) in [7, 11) is 0. The van der Waals surface area contributed by atoms with Gasteiger partial charge in [0.05, 0.1) is 0 Å². The van der Waals surface area contributed by atoms with Crippen LogP contribution in [-0.4, -0.2) is 15.6 Å². The molecule has 2 nitrogen and oxygen atoms in total. The van der Waals surface area contributed by atoms with Crippen molar-refractivity contribution >= 4 is 27.9 Å². The van der Waals surface area contributed by atoms with E-state index in [0.29, 0.717) is 0 Å². The first kappa shape index (κ1) is 7.18. The van der Waals surface area contributed by atoms with Crippen LogP contribution in [0.1, 0.15) is 5.69 Å². The van der Waals surface area contributed by atoms with Crippen molar-refractivity contribution in [3.05, 3.63) is 17.4 Å². The van der Waals surface area contributed by atoms with Crippen LogP contribution in [0.25, 0.3) is 4.83 Å². The van der Waals surface area contributed by atoms with E-state index in [1.54, 1.807) is 23.1 Å². The van der Waals surface area contributed by atoms with Gasteiger partial charge >= 0.3 is 0 Å². The Morgan fingerprint density at radius 3 is 3.18 bits per heavy atom. The molecule has 2 aromatic rings. The van der Waals surface area contributed by atoms with E-state index in [0.717, 1.165) is 5.03 Å².